The van der Waals surface area contributed by atoms with Gasteiger partial charge in [0.25, 0.3) is 0 Å². The Morgan fingerprint density at radius 2 is 1.52 bits per heavy atom. The molecule has 0 saturated carbocycles. The number of rotatable bonds is 9. The molecule has 6 nitrogen and oxygen atoms in total. The third kappa shape index (κ3) is 5.29. The van der Waals surface area contributed by atoms with Gasteiger partial charge in [-0.05, 0) is 42.3 Å². The summed E-state index contributed by atoms with van der Waals surface area (Å²) in [6.45, 7) is 3.10. The highest BCUT2D eigenvalue weighted by Crippen LogP contribution is 2.38. The molecule has 2 aromatic carbocycles. The second kappa shape index (κ2) is 9.71. The van der Waals surface area contributed by atoms with Crippen molar-refractivity contribution in [1.82, 2.24) is 4.90 Å². The summed E-state index contributed by atoms with van der Waals surface area (Å²) < 4.78 is 21.4. The van der Waals surface area contributed by atoms with Gasteiger partial charge in [0.15, 0.2) is 11.5 Å². The maximum Gasteiger partial charge on any atom is 0.227 e. The minimum Gasteiger partial charge on any atom is -0.494 e. The molecule has 2 rings (SSSR count). The summed E-state index contributed by atoms with van der Waals surface area (Å²) in [6, 6.07) is 11.4. The van der Waals surface area contributed by atoms with Gasteiger partial charge in [-0.15, -0.1) is 0 Å². The molecule has 0 atom stereocenters. The molecule has 0 bridgehead atoms. The van der Waals surface area contributed by atoms with Gasteiger partial charge in [0.1, 0.15) is 5.75 Å². The van der Waals surface area contributed by atoms with E-state index >= 15 is 0 Å². The molecular formula is C21H27NO5. The van der Waals surface area contributed by atoms with Crippen molar-refractivity contribution in [1.29, 1.82) is 0 Å². The molecule has 146 valence electrons. The van der Waals surface area contributed by atoms with E-state index in [-0.39, 0.29) is 12.3 Å². The molecule has 27 heavy (non-hydrogen) atoms. The lowest BCUT2D eigenvalue weighted by atomic mass is 10.1. The second-order valence-electron chi connectivity index (χ2n) is 6.04. The van der Waals surface area contributed by atoms with Gasteiger partial charge in [-0.3, -0.25) is 4.79 Å². The van der Waals surface area contributed by atoms with Crippen molar-refractivity contribution in [2.45, 2.75) is 19.9 Å². The predicted octanol–water partition coefficient (Wildman–Crippen LogP) is 3.31. The molecule has 0 fully saturated rings. The van der Waals surface area contributed by atoms with Gasteiger partial charge >= 0.3 is 0 Å². The molecule has 6 heteroatoms. The SMILES string of the molecule is CCOc1ccc(CN(C)C(=O)Cc2cc(OC)c(OC)c(OC)c2)cc1. The Morgan fingerprint density at radius 1 is 0.926 bits per heavy atom. The molecule has 0 heterocycles. The topological polar surface area (TPSA) is 57.2 Å². The Hall–Kier alpha value is -2.89. The van der Waals surface area contributed by atoms with Gasteiger partial charge in [-0.1, -0.05) is 12.1 Å². The summed E-state index contributed by atoms with van der Waals surface area (Å²) in [5.41, 5.74) is 1.84. The number of benzene rings is 2. The van der Waals surface area contributed by atoms with Crippen molar-refractivity contribution in [3.63, 3.8) is 0 Å². The van der Waals surface area contributed by atoms with E-state index in [2.05, 4.69) is 0 Å². The molecule has 0 spiro atoms. The Bertz CT molecular complexity index is 733. The van der Waals surface area contributed by atoms with Crippen LogP contribution in [0.1, 0.15) is 18.1 Å². The van der Waals surface area contributed by atoms with Crippen LogP contribution < -0.4 is 18.9 Å². The fourth-order valence-electron chi connectivity index (χ4n) is 2.77. The Labute approximate surface area is 160 Å². The quantitative estimate of drug-likeness (QED) is 0.675. The van der Waals surface area contributed by atoms with Crippen molar-refractivity contribution < 1.29 is 23.7 Å². The van der Waals surface area contributed by atoms with Gasteiger partial charge in [-0.2, -0.15) is 0 Å². The zero-order valence-electron chi connectivity index (χ0n) is 16.6. The van der Waals surface area contributed by atoms with Crippen LogP contribution in [0.15, 0.2) is 36.4 Å². The third-order valence-electron chi connectivity index (χ3n) is 4.16. The monoisotopic (exact) mass is 373 g/mol. The fourth-order valence-corrected chi connectivity index (χ4v) is 2.77. The van der Waals surface area contributed by atoms with Crippen LogP contribution >= 0.6 is 0 Å². The lowest BCUT2D eigenvalue weighted by Gasteiger charge is -2.19. The number of nitrogens with zero attached hydrogens (tertiary/aromatic N) is 1. The molecule has 0 saturated heterocycles. The lowest BCUT2D eigenvalue weighted by Crippen LogP contribution is -2.27. The minimum atomic E-state index is -0.00171. The van der Waals surface area contributed by atoms with E-state index in [1.165, 1.54) is 0 Å². The van der Waals surface area contributed by atoms with Gasteiger partial charge in [0.05, 0.1) is 34.4 Å². The standard InChI is InChI=1S/C21H27NO5/c1-6-27-17-9-7-15(8-10-17)14-22(2)20(23)13-16-11-18(24-3)21(26-5)19(12-16)25-4/h7-12H,6,13-14H2,1-5H3. The van der Waals surface area contributed by atoms with Crippen molar-refractivity contribution in [3.8, 4) is 23.0 Å². The van der Waals surface area contributed by atoms with E-state index in [9.17, 15) is 4.79 Å². The molecule has 0 N–H and O–H groups in total. The van der Waals surface area contributed by atoms with Crippen molar-refractivity contribution >= 4 is 5.91 Å². The third-order valence-corrected chi connectivity index (χ3v) is 4.16. The first kappa shape index (κ1) is 20.4. The number of ether oxygens (including phenoxy) is 4. The minimum absolute atomic E-state index is 0.00171. The number of likely N-dealkylation sites (N-methyl/N-ethyl adjacent to an activating group) is 1. The molecule has 0 aromatic heterocycles. The largest absolute Gasteiger partial charge is 0.494 e. The average molecular weight is 373 g/mol. The van der Waals surface area contributed by atoms with E-state index in [0.29, 0.717) is 30.4 Å². The first-order valence-corrected chi connectivity index (χ1v) is 8.76. The number of hydrogen-bond acceptors (Lipinski definition) is 5. The first-order valence-electron chi connectivity index (χ1n) is 8.76. The van der Waals surface area contributed by atoms with Crippen molar-refractivity contribution in [2.75, 3.05) is 35.0 Å². The van der Waals surface area contributed by atoms with Crippen LogP contribution in [0.5, 0.6) is 23.0 Å². The molecule has 0 aliphatic rings. The molecular weight excluding hydrogens is 346 g/mol. The van der Waals surface area contributed by atoms with E-state index in [1.54, 1.807) is 45.4 Å². The summed E-state index contributed by atoms with van der Waals surface area (Å²) in [5, 5.41) is 0. The van der Waals surface area contributed by atoms with E-state index in [1.807, 2.05) is 31.2 Å². The maximum absolute atomic E-state index is 12.6. The van der Waals surface area contributed by atoms with Crippen LogP contribution in [0.4, 0.5) is 0 Å². The lowest BCUT2D eigenvalue weighted by molar-refractivity contribution is -0.129. The van der Waals surface area contributed by atoms with Crippen LogP contribution in [0.3, 0.4) is 0 Å². The normalized spacial score (nSPS) is 10.3. The van der Waals surface area contributed by atoms with Crippen molar-refractivity contribution in [2.24, 2.45) is 0 Å². The second-order valence-corrected chi connectivity index (χ2v) is 6.04. The van der Waals surface area contributed by atoms with Gasteiger partial charge < -0.3 is 23.8 Å². The maximum atomic E-state index is 12.6. The fraction of sp³-hybridized carbons (Fsp3) is 0.381. The van der Waals surface area contributed by atoms with Crippen LogP contribution in [-0.4, -0.2) is 45.8 Å². The number of carbonyl (C=O) groups is 1. The number of carbonyl (C=O) groups excluding carboxylic acids is 1. The highest BCUT2D eigenvalue weighted by molar-refractivity contribution is 5.79. The Kier molecular flexibility index (Phi) is 7.34. The van der Waals surface area contributed by atoms with Crippen LogP contribution in [0.25, 0.3) is 0 Å². The Balaban J connectivity index is 2.07. The molecule has 0 aliphatic heterocycles. The summed E-state index contributed by atoms with van der Waals surface area (Å²) in [5.74, 6) is 2.41. The van der Waals surface area contributed by atoms with Crippen LogP contribution in [0.2, 0.25) is 0 Å². The molecule has 0 unspecified atom stereocenters. The number of amides is 1. The average Bonchev–Trinajstić information content (AvgIpc) is 2.68. The zero-order valence-corrected chi connectivity index (χ0v) is 16.6. The molecule has 2 aromatic rings. The van der Waals surface area contributed by atoms with E-state index < -0.39 is 0 Å². The molecule has 1 amide bonds. The highest BCUT2D eigenvalue weighted by Gasteiger charge is 2.16. The van der Waals surface area contributed by atoms with Gasteiger partial charge in [0, 0.05) is 13.6 Å². The van der Waals surface area contributed by atoms with Crippen LogP contribution in [0, 0.1) is 0 Å². The predicted molar refractivity (Wildman–Crippen MR) is 104 cm³/mol. The Morgan fingerprint density at radius 3 is 2.00 bits per heavy atom. The van der Waals surface area contributed by atoms with E-state index in [4.69, 9.17) is 18.9 Å². The first-order chi connectivity index (χ1) is 13.0. The summed E-state index contributed by atoms with van der Waals surface area (Å²) in [4.78, 5) is 14.3. The highest BCUT2D eigenvalue weighted by atomic mass is 16.5. The van der Waals surface area contributed by atoms with E-state index in [0.717, 1.165) is 16.9 Å². The van der Waals surface area contributed by atoms with Crippen molar-refractivity contribution in [3.05, 3.63) is 47.5 Å². The smallest absolute Gasteiger partial charge is 0.227 e. The zero-order chi connectivity index (χ0) is 19.8. The molecule has 0 radical (unpaired) electrons. The summed E-state index contributed by atoms with van der Waals surface area (Å²) >= 11 is 0. The number of methoxy groups -OCH3 is 3. The van der Waals surface area contributed by atoms with Crippen LogP contribution in [-0.2, 0) is 17.8 Å². The number of hydrogen-bond donors (Lipinski definition) is 0. The summed E-state index contributed by atoms with van der Waals surface area (Å²) in [7, 11) is 6.45. The molecule has 0 aliphatic carbocycles. The summed E-state index contributed by atoms with van der Waals surface area (Å²) in [6.07, 6.45) is 0.240. The van der Waals surface area contributed by atoms with Gasteiger partial charge in [0.2, 0.25) is 11.7 Å². The van der Waals surface area contributed by atoms with Gasteiger partial charge in [-0.25, -0.2) is 0 Å².